The van der Waals surface area contributed by atoms with Crippen LogP contribution >= 0.6 is 0 Å². The third kappa shape index (κ3) is 1.80. The van der Waals surface area contributed by atoms with Gasteiger partial charge in [0.15, 0.2) is 0 Å². The quantitative estimate of drug-likeness (QED) is 0.661. The van der Waals surface area contributed by atoms with E-state index in [1.807, 2.05) is 0 Å². The van der Waals surface area contributed by atoms with Crippen LogP contribution in [0.3, 0.4) is 0 Å². The van der Waals surface area contributed by atoms with Crippen LogP contribution in [-0.4, -0.2) is 17.8 Å². The van der Waals surface area contributed by atoms with Gasteiger partial charge in [-0.15, -0.1) is 0 Å². The normalized spacial score (nSPS) is 23.2. The summed E-state index contributed by atoms with van der Waals surface area (Å²) in [5, 5.41) is 9.87. The van der Waals surface area contributed by atoms with Gasteiger partial charge >= 0.3 is 0 Å². The fraction of sp³-hybridized carbons (Fsp3) is 1.00. The predicted molar refractivity (Wildman–Crippen MR) is 50.9 cm³/mol. The number of hydrogen-bond acceptors (Lipinski definition) is 2. The van der Waals surface area contributed by atoms with Crippen LogP contribution in [0.25, 0.3) is 0 Å². The lowest BCUT2D eigenvalue weighted by Crippen LogP contribution is -2.42. The van der Waals surface area contributed by atoms with Crippen molar-refractivity contribution in [2.45, 2.75) is 51.6 Å². The van der Waals surface area contributed by atoms with Gasteiger partial charge < -0.3 is 10.8 Å². The monoisotopic (exact) mass is 171 g/mol. The molecule has 1 atom stereocenters. The van der Waals surface area contributed by atoms with Gasteiger partial charge in [-0.1, -0.05) is 19.8 Å². The molecule has 0 saturated heterocycles. The van der Waals surface area contributed by atoms with Gasteiger partial charge in [-0.2, -0.15) is 0 Å². The zero-order valence-electron chi connectivity index (χ0n) is 8.05. The molecular formula is C10H21NO. The van der Waals surface area contributed by atoms with Gasteiger partial charge in [0.05, 0.1) is 6.10 Å². The summed E-state index contributed by atoms with van der Waals surface area (Å²) in [7, 11) is 0. The first-order valence-electron chi connectivity index (χ1n) is 5.13. The molecule has 0 aliphatic heterocycles. The zero-order valence-corrected chi connectivity index (χ0v) is 8.05. The summed E-state index contributed by atoms with van der Waals surface area (Å²) in [6, 6.07) is 0. The fourth-order valence-corrected chi connectivity index (χ4v) is 2.34. The topological polar surface area (TPSA) is 46.2 Å². The summed E-state index contributed by atoms with van der Waals surface area (Å²) in [6.45, 7) is 2.81. The van der Waals surface area contributed by atoms with E-state index in [0.29, 0.717) is 6.54 Å². The van der Waals surface area contributed by atoms with E-state index in [-0.39, 0.29) is 11.5 Å². The molecule has 1 aliphatic carbocycles. The smallest absolute Gasteiger partial charge is 0.0608 e. The summed E-state index contributed by atoms with van der Waals surface area (Å²) in [4.78, 5) is 0. The van der Waals surface area contributed by atoms with Gasteiger partial charge in [-0.3, -0.25) is 0 Å². The SMILES string of the molecule is CCCC1(C(O)CCN)CCC1. The van der Waals surface area contributed by atoms with Crippen LogP contribution in [0.2, 0.25) is 0 Å². The molecule has 0 radical (unpaired) electrons. The first-order valence-corrected chi connectivity index (χ1v) is 5.13. The molecule has 1 saturated carbocycles. The van der Waals surface area contributed by atoms with Crippen molar-refractivity contribution in [1.82, 2.24) is 0 Å². The standard InChI is InChI=1S/C10H21NO/c1-2-5-10(6-3-7-10)9(12)4-8-11/h9,12H,2-8,11H2,1H3. The van der Waals surface area contributed by atoms with E-state index in [4.69, 9.17) is 5.73 Å². The van der Waals surface area contributed by atoms with E-state index in [1.54, 1.807) is 0 Å². The summed E-state index contributed by atoms with van der Waals surface area (Å²) in [5.74, 6) is 0. The Morgan fingerprint density at radius 3 is 2.50 bits per heavy atom. The Morgan fingerprint density at radius 2 is 2.17 bits per heavy atom. The summed E-state index contributed by atoms with van der Waals surface area (Å²) in [6.07, 6.45) is 6.71. The van der Waals surface area contributed by atoms with E-state index in [1.165, 1.54) is 32.1 Å². The second-order valence-electron chi connectivity index (χ2n) is 4.06. The zero-order chi connectivity index (χ0) is 9.03. The summed E-state index contributed by atoms with van der Waals surface area (Å²) in [5.41, 5.74) is 5.70. The molecule has 1 rings (SSSR count). The molecule has 0 amide bonds. The van der Waals surface area contributed by atoms with Crippen molar-refractivity contribution in [2.75, 3.05) is 6.54 Å². The van der Waals surface area contributed by atoms with Crippen LogP contribution in [-0.2, 0) is 0 Å². The van der Waals surface area contributed by atoms with Gasteiger partial charge in [0.2, 0.25) is 0 Å². The third-order valence-electron chi connectivity index (χ3n) is 3.24. The molecule has 1 aliphatic rings. The highest BCUT2D eigenvalue weighted by atomic mass is 16.3. The van der Waals surface area contributed by atoms with Gasteiger partial charge in [0, 0.05) is 0 Å². The van der Waals surface area contributed by atoms with Gasteiger partial charge in [0.25, 0.3) is 0 Å². The number of aliphatic hydroxyl groups is 1. The van der Waals surface area contributed by atoms with Crippen molar-refractivity contribution in [3.8, 4) is 0 Å². The molecule has 72 valence electrons. The van der Waals surface area contributed by atoms with Crippen molar-refractivity contribution >= 4 is 0 Å². The molecule has 0 spiro atoms. The minimum absolute atomic E-state index is 0.142. The lowest BCUT2D eigenvalue weighted by Gasteiger charge is -2.45. The van der Waals surface area contributed by atoms with Crippen LogP contribution < -0.4 is 5.73 Å². The predicted octanol–water partition coefficient (Wildman–Crippen LogP) is 1.67. The number of rotatable bonds is 5. The second kappa shape index (κ2) is 4.24. The molecule has 0 aromatic carbocycles. The largest absolute Gasteiger partial charge is 0.393 e. The van der Waals surface area contributed by atoms with Crippen LogP contribution in [0, 0.1) is 5.41 Å². The Labute approximate surface area is 75.2 Å². The molecule has 0 aromatic heterocycles. The van der Waals surface area contributed by atoms with E-state index >= 15 is 0 Å². The molecular weight excluding hydrogens is 150 g/mol. The average molecular weight is 171 g/mol. The Kier molecular flexibility index (Phi) is 3.53. The van der Waals surface area contributed by atoms with E-state index in [9.17, 15) is 5.11 Å². The molecule has 12 heavy (non-hydrogen) atoms. The lowest BCUT2D eigenvalue weighted by atomic mass is 9.62. The molecule has 0 heterocycles. The van der Waals surface area contributed by atoms with Crippen molar-refractivity contribution in [2.24, 2.45) is 11.1 Å². The van der Waals surface area contributed by atoms with Crippen LogP contribution in [0.15, 0.2) is 0 Å². The van der Waals surface area contributed by atoms with Crippen LogP contribution in [0.4, 0.5) is 0 Å². The Hall–Kier alpha value is -0.0800. The maximum Gasteiger partial charge on any atom is 0.0608 e. The summed E-state index contributed by atoms with van der Waals surface area (Å²) < 4.78 is 0. The Bertz CT molecular complexity index is 132. The minimum Gasteiger partial charge on any atom is -0.393 e. The maximum atomic E-state index is 9.87. The van der Waals surface area contributed by atoms with Crippen molar-refractivity contribution < 1.29 is 5.11 Å². The molecule has 2 heteroatoms. The molecule has 3 N–H and O–H groups in total. The molecule has 1 fully saturated rings. The van der Waals surface area contributed by atoms with Gasteiger partial charge in [-0.05, 0) is 37.6 Å². The first kappa shape index (κ1) is 10.0. The van der Waals surface area contributed by atoms with Crippen molar-refractivity contribution in [3.05, 3.63) is 0 Å². The molecule has 0 aromatic rings. The van der Waals surface area contributed by atoms with E-state index < -0.39 is 0 Å². The van der Waals surface area contributed by atoms with Gasteiger partial charge in [0.1, 0.15) is 0 Å². The van der Waals surface area contributed by atoms with Crippen molar-refractivity contribution in [1.29, 1.82) is 0 Å². The summed E-state index contributed by atoms with van der Waals surface area (Å²) >= 11 is 0. The number of nitrogens with two attached hydrogens (primary N) is 1. The maximum absolute atomic E-state index is 9.87. The first-order chi connectivity index (χ1) is 5.75. The molecule has 0 bridgehead atoms. The third-order valence-corrected chi connectivity index (χ3v) is 3.24. The minimum atomic E-state index is -0.142. The number of aliphatic hydroxyl groups excluding tert-OH is 1. The van der Waals surface area contributed by atoms with Crippen LogP contribution in [0.1, 0.15) is 45.4 Å². The highest BCUT2D eigenvalue weighted by Crippen LogP contribution is 2.48. The van der Waals surface area contributed by atoms with Gasteiger partial charge in [-0.25, -0.2) is 0 Å². The second-order valence-corrected chi connectivity index (χ2v) is 4.06. The number of hydrogen-bond donors (Lipinski definition) is 2. The van der Waals surface area contributed by atoms with E-state index in [0.717, 1.165) is 6.42 Å². The Morgan fingerprint density at radius 1 is 1.50 bits per heavy atom. The van der Waals surface area contributed by atoms with Crippen LogP contribution in [0.5, 0.6) is 0 Å². The van der Waals surface area contributed by atoms with E-state index in [2.05, 4.69) is 6.92 Å². The molecule has 1 unspecified atom stereocenters. The fourth-order valence-electron chi connectivity index (χ4n) is 2.34. The highest BCUT2D eigenvalue weighted by Gasteiger charge is 2.41. The average Bonchev–Trinajstić information content (AvgIpc) is 1.97. The Balaban J connectivity index is 2.41. The highest BCUT2D eigenvalue weighted by molar-refractivity contribution is 4.93. The molecule has 2 nitrogen and oxygen atoms in total. The lowest BCUT2D eigenvalue weighted by molar-refractivity contribution is -0.0444. The van der Waals surface area contributed by atoms with Crippen molar-refractivity contribution in [3.63, 3.8) is 0 Å².